The molecule has 0 radical (unpaired) electrons. The molecule has 122 valence electrons. The van der Waals surface area contributed by atoms with E-state index < -0.39 is 11.9 Å². The van der Waals surface area contributed by atoms with Gasteiger partial charge in [0.2, 0.25) is 5.95 Å². The highest BCUT2D eigenvalue weighted by molar-refractivity contribution is 5.57. The minimum absolute atomic E-state index is 0.0187. The van der Waals surface area contributed by atoms with Crippen LogP contribution in [0.1, 0.15) is 31.4 Å². The monoisotopic (exact) mass is 322 g/mol. The Bertz CT molecular complexity index is 652. The summed E-state index contributed by atoms with van der Waals surface area (Å²) in [5.41, 5.74) is -0.280. The van der Waals surface area contributed by atoms with Crippen molar-refractivity contribution in [3.05, 3.63) is 42.1 Å². The van der Waals surface area contributed by atoms with Crippen molar-refractivity contribution in [2.24, 2.45) is 0 Å². The van der Waals surface area contributed by atoms with Gasteiger partial charge in [0.15, 0.2) is 5.69 Å². The Kier molecular flexibility index (Phi) is 4.36. The van der Waals surface area contributed by atoms with Gasteiger partial charge >= 0.3 is 6.18 Å². The smallest absolute Gasteiger partial charge is 0.351 e. The van der Waals surface area contributed by atoms with E-state index in [1.807, 2.05) is 6.07 Å². The summed E-state index contributed by atoms with van der Waals surface area (Å²) in [4.78, 5) is 7.79. The quantitative estimate of drug-likeness (QED) is 0.864. The van der Waals surface area contributed by atoms with Crippen LogP contribution >= 0.6 is 0 Å². The molecule has 1 aromatic heterocycles. The molecule has 0 unspecified atom stereocenters. The molecule has 1 aromatic carbocycles. The van der Waals surface area contributed by atoms with Crippen LogP contribution in [-0.4, -0.2) is 16.0 Å². The van der Waals surface area contributed by atoms with Crippen LogP contribution in [0.4, 0.5) is 30.6 Å². The molecule has 2 aromatic rings. The lowest BCUT2D eigenvalue weighted by molar-refractivity contribution is -0.141. The van der Waals surface area contributed by atoms with Crippen LogP contribution in [0.25, 0.3) is 0 Å². The van der Waals surface area contributed by atoms with Gasteiger partial charge < -0.3 is 10.6 Å². The topological polar surface area (TPSA) is 49.8 Å². The Hall–Kier alpha value is -2.31. The number of alkyl halides is 3. The summed E-state index contributed by atoms with van der Waals surface area (Å²) in [6.07, 6.45) is -0.498. The van der Waals surface area contributed by atoms with E-state index >= 15 is 0 Å². The van der Waals surface area contributed by atoms with Gasteiger partial charge in [-0.05, 0) is 25.0 Å². The van der Waals surface area contributed by atoms with E-state index in [0.29, 0.717) is 5.69 Å². The minimum atomic E-state index is -4.51. The van der Waals surface area contributed by atoms with Gasteiger partial charge in [-0.25, -0.2) is 4.98 Å². The molecule has 1 fully saturated rings. The predicted molar refractivity (Wildman–Crippen MR) is 82.6 cm³/mol. The molecule has 1 aliphatic carbocycles. The van der Waals surface area contributed by atoms with E-state index in [1.54, 1.807) is 24.3 Å². The number of hydrogen-bond acceptors (Lipinski definition) is 4. The average molecular weight is 322 g/mol. The van der Waals surface area contributed by atoms with E-state index in [2.05, 4.69) is 20.6 Å². The van der Waals surface area contributed by atoms with E-state index in [9.17, 15) is 13.2 Å². The van der Waals surface area contributed by atoms with Crippen molar-refractivity contribution in [1.29, 1.82) is 0 Å². The van der Waals surface area contributed by atoms with Crippen LogP contribution < -0.4 is 10.6 Å². The number of hydrogen-bond donors (Lipinski definition) is 2. The maximum Gasteiger partial charge on any atom is 0.433 e. The second-order valence-electron chi connectivity index (χ2n) is 5.58. The molecule has 0 saturated heterocycles. The molecule has 7 heteroatoms. The third-order valence-corrected chi connectivity index (χ3v) is 3.75. The lowest BCUT2D eigenvalue weighted by Gasteiger charge is -2.15. The molecule has 23 heavy (non-hydrogen) atoms. The molecular weight excluding hydrogens is 305 g/mol. The summed E-state index contributed by atoms with van der Waals surface area (Å²) in [6.45, 7) is 0. The van der Waals surface area contributed by atoms with Gasteiger partial charge in [-0.2, -0.15) is 18.2 Å². The minimum Gasteiger partial charge on any atom is -0.351 e. The molecule has 3 rings (SSSR count). The zero-order valence-electron chi connectivity index (χ0n) is 12.4. The number of nitrogens with one attached hydrogen (secondary N) is 2. The lowest BCUT2D eigenvalue weighted by Crippen LogP contribution is -2.19. The Morgan fingerprint density at radius 1 is 1.00 bits per heavy atom. The molecule has 0 spiro atoms. The molecule has 0 atom stereocenters. The third-order valence-electron chi connectivity index (χ3n) is 3.75. The molecule has 0 bridgehead atoms. The zero-order valence-corrected chi connectivity index (χ0v) is 12.4. The molecule has 2 N–H and O–H groups in total. The predicted octanol–water partition coefficient (Wildman–Crippen LogP) is 4.59. The summed E-state index contributed by atoms with van der Waals surface area (Å²) in [5, 5.41) is 5.91. The summed E-state index contributed by atoms with van der Waals surface area (Å²) >= 11 is 0. The van der Waals surface area contributed by atoms with Gasteiger partial charge in [0.05, 0.1) is 0 Å². The first-order chi connectivity index (χ1) is 11.0. The van der Waals surface area contributed by atoms with Crippen LogP contribution in [0.2, 0.25) is 0 Å². The molecule has 1 saturated carbocycles. The summed E-state index contributed by atoms with van der Waals surface area (Å²) in [5.74, 6) is 0.143. The summed E-state index contributed by atoms with van der Waals surface area (Å²) < 4.78 is 39.2. The Morgan fingerprint density at radius 3 is 2.35 bits per heavy atom. The highest BCUT2D eigenvalue weighted by Crippen LogP contribution is 2.31. The van der Waals surface area contributed by atoms with Gasteiger partial charge in [-0.3, -0.25) is 0 Å². The Labute approximate surface area is 132 Å². The number of benzene rings is 1. The highest BCUT2D eigenvalue weighted by atomic mass is 19.4. The van der Waals surface area contributed by atoms with E-state index in [1.165, 1.54) is 0 Å². The second kappa shape index (κ2) is 6.44. The SMILES string of the molecule is FC(F)(F)c1cc(Nc2ccccc2)nc(NC2CCCC2)n1. The number of rotatable bonds is 4. The van der Waals surface area contributed by atoms with Gasteiger partial charge in [-0.15, -0.1) is 0 Å². The number of anilines is 3. The fourth-order valence-electron chi connectivity index (χ4n) is 2.64. The van der Waals surface area contributed by atoms with E-state index in [4.69, 9.17) is 0 Å². The Morgan fingerprint density at radius 2 is 1.70 bits per heavy atom. The first kappa shape index (κ1) is 15.6. The van der Waals surface area contributed by atoms with Crippen LogP contribution in [0.3, 0.4) is 0 Å². The van der Waals surface area contributed by atoms with E-state index in [-0.39, 0.29) is 17.8 Å². The second-order valence-corrected chi connectivity index (χ2v) is 5.58. The molecule has 1 heterocycles. The van der Waals surface area contributed by atoms with Crippen molar-refractivity contribution in [1.82, 2.24) is 9.97 Å². The van der Waals surface area contributed by atoms with Crippen LogP contribution in [-0.2, 0) is 6.18 Å². The summed E-state index contributed by atoms with van der Waals surface area (Å²) in [7, 11) is 0. The zero-order chi connectivity index (χ0) is 16.3. The lowest BCUT2D eigenvalue weighted by atomic mass is 10.2. The van der Waals surface area contributed by atoms with Crippen LogP contribution in [0, 0.1) is 0 Å². The highest BCUT2D eigenvalue weighted by Gasteiger charge is 2.34. The van der Waals surface area contributed by atoms with Crippen molar-refractivity contribution in [3.63, 3.8) is 0 Å². The van der Waals surface area contributed by atoms with E-state index in [0.717, 1.165) is 31.7 Å². The standard InChI is InChI=1S/C16H17F3N4/c17-16(18,19)13-10-14(20-11-6-2-1-3-7-11)23-15(22-13)21-12-8-4-5-9-12/h1-3,6-7,10,12H,4-5,8-9H2,(H2,20,21,22,23). The average Bonchev–Trinajstić information content (AvgIpc) is 3.00. The number of aromatic nitrogens is 2. The van der Waals surface area contributed by atoms with Crippen LogP contribution in [0.5, 0.6) is 0 Å². The van der Waals surface area contributed by atoms with Crippen molar-refractivity contribution < 1.29 is 13.2 Å². The summed E-state index contributed by atoms with van der Waals surface area (Å²) in [6, 6.07) is 10.0. The van der Waals surface area contributed by atoms with Crippen molar-refractivity contribution in [2.45, 2.75) is 37.9 Å². The fourth-order valence-corrected chi connectivity index (χ4v) is 2.64. The van der Waals surface area contributed by atoms with Gasteiger partial charge in [-0.1, -0.05) is 31.0 Å². The fraction of sp³-hybridized carbons (Fsp3) is 0.375. The van der Waals surface area contributed by atoms with Crippen molar-refractivity contribution in [3.8, 4) is 0 Å². The maximum absolute atomic E-state index is 13.1. The van der Waals surface area contributed by atoms with Gasteiger partial charge in [0.25, 0.3) is 0 Å². The van der Waals surface area contributed by atoms with Crippen molar-refractivity contribution >= 4 is 17.5 Å². The molecule has 0 amide bonds. The number of halogens is 3. The van der Waals surface area contributed by atoms with Crippen LogP contribution in [0.15, 0.2) is 36.4 Å². The third kappa shape index (κ3) is 4.12. The largest absolute Gasteiger partial charge is 0.433 e. The first-order valence-electron chi connectivity index (χ1n) is 7.55. The van der Waals surface area contributed by atoms with Crippen molar-refractivity contribution in [2.75, 3.05) is 10.6 Å². The van der Waals surface area contributed by atoms with Gasteiger partial charge in [0.1, 0.15) is 5.82 Å². The first-order valence-corrected chi connectivity index (χ1v) is 7.55. The Balaban J connectivity index is 1.87. The maximum atomic E-state index is 13.1. The molecular formula is C16H17F3N4. The normalized spacial score (nSPS) is 15.6. The number of nitrogens with zero attached hydrogens (tertiary/aromatic N) is 2. The van der Waals surface area contributed by atoms with Gasteiger partial charge in [0, 0.05) is 17.8 Å². The molecule has 0 aliphatic heterocycles. The number of para-hydroxylation sites is 1. The molecule has 4 nitrogen and oxygen atoms in total. The molecule has 1 aliphatic rings.